The van der Waals surface area contributed by atoms with Gasteiger partial charge in [0.25, 0.3) is 0 Å². The molecule has 0 saturated heterocycles. The number of hydrogen-bond acceptors (Lipinski definition) is 3. The first kappa shape index (κ1) is 17.3. The lowest BCUT2D eigenvalue weighted by Gasteiger charge is -2.28. The fraction of sp³-hybridized carbons (Fsp3) is 0.500. The smallest absolute Gasteiger partial charge is 0.308 e. The molecule has 0 aliphatic carbocycles. The Bertz CT molecular complexity index is 563. The van der Waals surface area contributed by atoms with Gasteiger partial charge in [0.15, 0.2) is 0 Å². The summed E-state index contributed by atoms with van der Waals surface area (Å²) in [5.74, 6) is 1.21. The first-order chi connectivity index (χ1) is 9.61. The van der Waals surface area contributed by atoms with Crippen LogP contribution in [-0.4, -0.2) is 12.6 Å². The summed E-state index contributed by atoms with van der Waals surface area (Å²) in [6.45, 7) is 17.9. The van der Waals surface area contributed by atoms with Crippen molar-refractivity contribution in [1.29, 1.82) is 0 Å². The monoisotopic (exact) mass is 290 g/mol. The van der Waals surface area contributed by atoms with Crippen molar-refractivity contribution in [1.82, 2.24) is 0 Å². The van der Waals surface area contributed by atoms with Gasteiger partial charge in [-0.1, -0.05) is 33.4 Å². The van der Waals surface area contributed by atoms with Crippen molar-refractivity contribution in [3.8, 4) is 11.5 Å². The zero-order chi connectivity index (χ0) is 16.4. The van der Waals surface area contributed by atoms with Gasteiger partial charge in [-0.05, 0) is 42.9 Å². The molecule has 0 unspecified atom stereocenters. The number of carbonyl (C=O) groups excluding carboxylic acids is 1. The Hall–Kier alpha value is -1.77. The second kappa shape index (κ2) is 6.33. The third-order valence-corrected chi connectivity index (χ3v) is 3.53. The van der Waals surface area contributed by atoms with Gasteiger partial charge in [-0.25, -0.2) is 0 Å². The Morgan fingerprint density at radius 3 is 2.05 bits per heavy atom. The number of esters is 1. The van der Waals surface area contributed by atoms with E-state index in [9.17, 15) is 4.79 Å². The average Bonchev–Trinajstić information content (AvgIpc) is 2.33. The Labute approximate surface area is 128 Å². The number of ether oxygens (including phenoxy) is 2. The fourth-order valence-corrected chi connectivity index (χ4v) is 2.63. The molecule has 3 nitrogen and oxygen atoms in total. The molecular formula is C18H26O3. The van der Waals surface area contributed by atoms with Crippen molar-refractivity contribution >= 4 is 5.97 Å². The van der Waals surface area contributed by atoms with Crippen LogP contribution in [0.1, 0.15) is 49.9 Å². The van der Waals surface area contributed by atoms with Gasteiger partial charge in [0, 0.05) is 12.5 Å². The van der Waals surface area contributed by atoms with E-state index in [1.54, 1.807) is 6.08 Å². The standard InChI is InChI=1S/C18H26O3/c1-9-10-20-16-11(2)12(3)17(21-14(5)19)15(13(16)4)18(6,7)8/h9H,1,10H2,2-8H3. The highest BCUT2D eigenvalue weighted by atomic mass is 16.5. The molecular weight excluding hydrogens is 264 g/mol. The molecule has 0 aromatic heterocycles. The molecule has 1 rings (SSSR count). The van der Waals surface area contributed by atoms with Crippen LogP contribution in [0.4, 0.5) is 0 Å². The second-order valence-corrected chi connectivity index (χ2v) is 6.35. The van der Waals surface area contributed by atoms with E-state index in [-0.39, 0.29) is 11.4 Å². The number of hydrogen-bond donors (Lipinski definition) is 0. The maximum atomic E-state index is 11.5. The van der Waals surface area contributed by atoms with E-state index in [0.29, 0.717) is 12.4 Å². The lowest BCUT2D eigenvalue weighted by atomic mass is 9.80. The van der Waals surface area contributed by atoms with E-state index < -0.39 is 0 Å². The predicted molar refractivity (Wildman–Crippen MR) is 86.4 cm³/mol. The van der Waals surface area contributed by atoms with Gasteiger partial charge in [-0.3, -0.25) is 4.79 Å². The minimum Gasteiger partial charge on any atom is -0.489 e. The summed E-state index contributed by atoms with van der Waals surface area (Å²) in [4.78, 5) is 11.5. The highest BCUT2D eigenvalue weighted by molar-refractivity contribution is 5.72. The van der Waals surface area contributed by atoms with Gasteiger partial charge in [0.1, 0.15) is 18.1 Å². The Morgan fingerprint density at radius 2 is 1.62 bits per heavy atom. The first-order valence-electron chi connectivity index (χ1n) is 7.17. The molecule has 1 aromatic rings. The zero-order valence-electron chi connectivity index (χ0n) is 14.2. The predicted octanol–water partition coefficient (Wildman–Crippen LogP) is 4.40. The van der Waals surface area contributed by atoms with Gasteiger partial charge in [-0.2, -0.15) is 0 Å². The summed E-state index contributed by atoms with van der Waals surface area (Å²) in [6.07, 6.45) is 1.73. The third-order valence-electron chi connectivity index (χ3n) is 3.53. The normalized spacial score (nSPS) is 11.2. The molecule has 0 radical (unpaired) electrons. The van der Waals surface area contributed by atoms with Crippen molar-refractivity contribution in [3.63, 3.8) is 0 Å². The minimum atomic E-state index is -0.304. The van der Waals surface area contributed by atoms with Crippen LogP contribution in [-0.2, 0) is 10.2 Å². The summed E-state index contributed by atoms with van der Waals surface area (Å²) in [5, 5.41) is 0. The molecule has 0 aliphatic rings. The quantitative estimate of drug-likeness (QED) is 0.468. The molecule has 0 aliphatic heterocycles. The lowest BCUT2D eigenvalue weighted by Crippen LogP contribution is -2.19. The van der Waals surface area contributed by atoms with Crippen LogP contribution in [0, 0.1) is 20.8 Å². The van der Waals surface area contributed by atoms with E-state index >= 15 is 0 Å². The summed E-state index contributed by atoms with van der Waals surface area (Å²) in [6, 6.07) is 0. The minimum absolute atomic E-state index is 0.153. The number of benzene rings is 1. The van der Waals surface area contributed by atoms with Gasteiger partial charge < -0.3 is 9.47 Å². The number of carbonyl (C=O) groups is 1. The Morgan fingerprint density at radius 1 is 1.10 bits per heavy atom. The van der Waals surface area contributed by atoms with Crippen molar-refractivity contribution < 1.29 is 14.3 Å². The maximum Gasteiger partial charge on any atom is 0.308 e. The summed E-state index contributed by atoms with van der Waals surface area (Å²) >= 11 is 0. The second-order valence-electron chi connectivity index (χ2n) is 6.35. The van der Waals surface area contributed by atoms with Crippen LogP contribution >= 0.6 is 0 Å². The van der Waals surface area contributed by atoms with Crippen LogP contribution in [0.3, 0.4) is 0 Å². The van der Waals surface area contributed by atoms with Gasteiger partial charge >= 0.3 is 5.97 Å². The van der Waals surface area contributed by atoms with Crippen LogP contribution in [0.25, 0.3) is 0 Å². The molecule has 1 aromatic carbocycles. The zero-order valence-corrected chi connectivity index (χ0v) is 14.2. The van der Waals surface area contributed by atoms with Crippen LogP contribution in [0.2, 0.25) is 0 Å². The maximum absolute atomic E-state index is 11.5. The molecule has 3 heteroatoms. The molecule has 0 bridgehead atoms. The molecule has 0 fully saturated rings. The van der Waals surface area contributed by atoms with E-state index in [1.807, 2.05) is 20.8 Å². The lowest BCUT2D eigenvalue weighted by molar-refractivity contribution is -0.132. The average molecular weight is 290 g/mol. The highest BCUT2D eigenvalue weighted by Gasteiger charge is 2.28. The van der Waals surface area contributed by atoms with Crippen molar-refractivity contribution in [3.05, 3.63) is 34.9 Å². The van der Waals surface area contributed by atoms with Crippen molar-refractivity contribution in [2.24, 2.45) is 0 Å². The van der Waals surface area contributed by atoms with E-state index in [1.165, 1.54) is 6.92 Å². The van der Waals surface area contributed by atoms with E-state index in [0.717, 1.165) is 28.0 Å². The summed E-state index contributed by atoms with van der Waals surface area (Å²) in [7, 11) is 0. The summed E-state index contributed by atoms with van der Waals surface area (Å²) < 4.78 is 11.3. The molecule has 116 valence electrons. The van der Waals surface area contributed by atoms with E-state index in [4.69, 9.17) is 9.47 Å². The number of rotatable bonds is 4. The molecule has 0 atom stereocenters. The van der Waals surface area contributed by atoms with Crippen LogP contribution in [0.15, 0.2) is 12.7 Å². The molecule has 0 spiro atoms. The SMILES string of the molecule is C=CCOc1c(C)c(C)c(OC(C)=O)c(C(C)(C)C)c1C. The van der Waals surface area contributed by atoms with Gasteiger partial charge in [0.05, 0.1) is 0 Å². The highest BCUT2D eigenvalue weighted by Crippen LogP contribution is 2.43. The van der Waals surface area contributed by atoms with Crippen molar-refractivity contribution in [2.45, 2.75) is 53.9 Å². The molecule has 0 amide bonds. The van der Waals surface area contributed by atoms with Crippen LogP contribution in [0.5, 0.6) is 11.5 Å². The molecule has 0 saturated carbocycles. The summed E-state index contributed by atoms with van der Waals surface area (Å²) in [5.41, 5.74) is 3.82. The first-order valence-corrected chi connectivity index (χ1v) is 7.17. The Kier molecular flexibility index (Phi) is 5.21. The van der Waals surface area contributed by atoms with Crippen molar-refractivity contribution in [2.75, 3.05) is 6.61 Å². The third kappa shape index (κ3) is 3.66. The molecule has 0 N–H and O–H groups in total. The van der Waals surface area contributed by atoms with E-state index in [2.05, 4.69) is 27.4 Å². The van der Waals surface area contributed by atoms with Crippen LogP contribution < -0.4 is 9.47 Å². The molecule has 21 heavy (non-hydrogen) atoms. The molecule has 0 heterocycles. The topological polar surface area (TPSA) is 35.5 Å². The Balaban J connectivity index is 3.66. The fourth-order valence-electron chi connectivity index (χ4n) is 2.63. The largest absolute Gasteiger partial charge is 0.489 e. The van der Waals surface area contributed by atoms with Gasteiger partial charge in [-0.15, -0.1) is 0 Å². The van der Waals surface area contributed by atoms with Gasteiger partial charge in [0.2, 0.25) is 0 Å².